The van der Waals surface area contributed by atoms with Gasteiger partial charge in [0, 0.05) is 26.2 Å². The van der Waals surface area contributed by atoms with Crippen LogP contribution in [0.5, 0.6) is 5.75 Å². The zero-order valence-electron chi connectivity index (χ0n) is 15.9. The highest BCUT2D eigenvalue weighted by Crippen LogP contribution is 2.29. The van der Waals surface area contributed by atoms with Crippen LogP contribution in [0.3, 0.4) is 0 Å². The standard InChI is InChI=1S/C23H25N3O/c1-17-7-9-20(10-8-17)25-23(26-13-11-24-12-14-26)21-15-18-5-3-4-6-19(18)16-22(21)27-2/h3-10,15-16,24H,11-14H2,1-2H3. The number of piperazine rings is 1. The predicted molar refractivity (Wildman–Crippen MR) is 112 cm³/mol. The Balaban J connectivity index is 1.87. The van der Waals surface area contributed by atoms with Gasteiger partial charge >= 0.3 is 0 Å². The molecule has 4 heteroatoms. The highest BCUT2D eigenvalue weighted by molar-refractivity contribution is 6.06. The first-order valence-electron chi connectivity index (χ1n) is 9.43. The molecule has 4 rings (SSSR count). The molecular formula is C23H25N3O. The first kappa shape index (κ1) is 17.6. The second-order valence-corrected chi connectivity index (χ2v) is 6.91. The van der Waals surface area contributed by atoms with Crippen LogP contribution in [0.1, 0.15) is 11.1 Å². The van der Waals surface area contributed by atoms with Gasteiger partial charge in [0.25, 0.3) is 0 Å². The second-order valence-electron chi connectivity index (χ2n) is 6.91. The van der Waals surface area contributed by atoms with Crippen LogP contribution in [0, 0.1) is 6.92 Å². The maximum absolute atomic E-state index is 5.76. The SMILES string of the molecule is COc1cc2ccccc2cc1C(=Nc1ccc(C)cc1)N1CCNCC1. The van der Waals surface area contributed by atoms with Gasteiger partial charge in [-0.05, 0) is 42.0 Å². The molecule has 138 valence electrons. The third-order valence-electron chi connectivity index (χ3n) is 4.99. The predicted octanol–water partition coefficient (Wildman–Crippen LogP) is 4.14. The molecule has 1 saturated heterocycles. The summed E-state index contributed by atoms with van der Waals surface area (Å²) < 4.78 is 5.76. The molecular weight excluding hydrogens is 334 g/mol. The van der Waals surface area contributed by atoms with Gasteiger partial charge in [-0.25, -0.2) is 4.99 Å². The fraction of sp³-hybridized carbons (Fsp3) is 0.261. The van der Waals surface area contributed by atoms with Crippen LogP contribution in [-0.4, -0.2) is 44.0 Å². The molecule has 0 amide bonds. The molecule has 0 saturated carbocycles. The number of benzene rings is 3. The zero-order valence-corrected chi connectivity index (χ0v) is 15.9. The van der Waals surface area contributed by atoms with E-state index in [4.69, 9.17) is 9.73 Å². The normalized spacial score (nSPS) is 15.2. The van der Waals surface area contributed by atoms with Gasteiger partial charge in [0.15, 0.2) is 0 Å². The Hall–Kier alpha value is -2.85. The Morgan fingerprint density at radius 3 is 2.30 bits per heavy atom. The van der Waals surface area contributed by atoms with E-state index in [0.29, 0.717) is 0 Å². The van der Waals surface area contributed by atoms with Crippen LogP contribution in [0.4, 0.5) is 5.69 Å². The summed E-state index contributed by atoms with van der Waals surface area (Å²) in [5.74, 6) is 1.83. The summed E-state index contributed by atoms with van der Waals surface area (Å²) in [6.45, 7) is 5.88. The minimum atomic E-state index is 0.859. The monoisotopic (exact) mass is 359 g/mol. The smallest absolute Gasteiger partial charge is 0.140 e. The summed E-state index contributed by atoms with van der Waals surface area (Å²) in [7, 11) is 1.73. The maximum atomic E-state index is 5.76. The molecule has 0 aliphatic carbocycles. The van der Waals surface area contributed by atoms with Crippen LogP contribution in [-0.2, 0) is 0 Å². The molecule has 3 aromatic rings. The van der Waals surface area contributed by atoms with Gasteiger partial charge in [0.05, 0.1) is 18.4 Å². The lowest BCUT2D eigenvalue weighted by Gasteiger charge is -2.31. The number of nitrogens with one attached hydrogen (secondary N) is 1. The number of ether oxygens (including phenoxy) is 1. The third kappa shape index (κ3) is 3.81. The Labute approximate surface area is 160 Å². The van der Waals surface area contributed by atoms with Gasteiger partial charge in [0.2, 0.25) is 0 Å². The van der Waals surface area contributed by atoms with E-state index in [9.17, 15) is 0 Å². The lowest BCUT2D eigenvalue weighted by Crippen LogP contribution is -2.46. The first-order chi connectivity index (χ1) is 13.2. The van der Waals surface area contributed by atoms with Gasteiger partial charge in [0.1, 0.15) is 11.6 Å². The van der Waals surface area contributed by atoms with Crippen LogP contribution in [0.2, 0.25) is 0 Å². The number of methoxy groups -OCH3 is 1. The van der Waals surface area contributed by atoms with E-state index in [0.717, 1.165) is 49.0 Å². The van der Waals surface area contributed by atoms with Crippen molar-refractivity contribution in [2.75, 3.05) is 33.3 Å². The van der Waals surface area contributed by atoms with Gasteiger partial charge in [-0.3, -0.25) is 0 Å². The summed E-state index contributed by atoms with van der Waals surface area (Å²) in [6.07, 6.45) is 0. The molecule has 4 nitrogen and oxygen atoms in total. The molecule has 0 unspecified atom stereocenters. The van der Waals surface area contributed by atoms with Crippen molar-refractivity contribution in [3.63, 3.8) is 0 Å². The number of aliphatic imine (C=N–C) groups is 1. The number of fused-ring (bicyclic) bond motifs is 1. The average molecular weight is 359 g/mol. The second kappa shape index (κ2) is 7.80. The Kier molecular flexibility index (Phi) is 5.07. The number of hydrogen-bond acceptors (Lipinski definition) is 3. The highest BCUT2D eigenvalue weighted by Gasteiger charge is 2.20. The molecule has 1 aliphatic rings. The zero-order chi connectivity index (χ0) is 18.6. The molecule has 0 atom stereocenters. The number of aryl methyl sites for hydroxylation is 1. The molecule has 0 bridgehead atoms. The quantitative estimate of drug-likeness (QED) is 0.564. The van der Waals surface area contributed by atoms with Crippen LogP contribution in [0.25, 0.3) is 10.8 Å². The Morgan fingerprint density at radius 1 is 0.963 bits per heavy atom. The van der Waals surface area contributed by atoms with Gasteiger partial charge < -0.3 is 15.0 Å². The van der Waals surface area contributed by atoms with Crippen molar-refractivity contribution in [2.24, 2.45) is 4.99 Å². The van der Waals surface area contributed by atoms with Crippen molar-refractivity contribution >= 4 is 22.3 Å². The summed E-state index contributed by atoms with van der Waals surface area (Å²) in [5, 5.41) is 5.79. The maximum Gasteiger partial charge on any atom is 0.140 e. The molecule has 0 aromatic heterocycles. The van der Waals surface area contributed by atoms with Crippen LogP contribution in [0.15, 0.2) is 65.7 Å². The lowest BCUT2D eigenvalue weighted by atomic mass is 10.0. The molecule has 1 fully saturated rings. The number of amidine groups is 1. The van der Waals surface area contributed by atoms with Crippen molar-refractivity contribution < 1.29 is 4.74 Å². The van der Waals surface area contributed by atoms with E-state index in [1.165, 1.54) is 16.3 Å². The third-order valence-corrected chi connectivity index (χ3v) is 4.99. The van der Waals surface area contributed by atoms with E-state index in [2.05, 4.69) is 77.8 Å². The Morgan fingerprint density at radius 2 is 1.63 bits per heavy atom. The van der Waals surface area contributed by atoms with E-state index in [1.54, 1.807) is 7.11 Å². The van der Waals surface area contributed by atoms with Crippen molar-refractivity contribution in [1.82, 2.24) is 10.2 Å². The highest BCUT2D eigenvalue weighted by atomic mass is 16.5. The van der Waals surface area contributed by atoms with E-state index in [1.807, 2.05) is 0 Å². The molecule has 3 aromatic carbocycles. The molecule has 1 N–H and O–H groups in total. The lowest BCUT2D eigenvalue weighted by molar-refractivity contribution is 0.355. The van der Waals surface area contributed by atoms with E-state index >= 15 is 0 Å². The van der Waals surface area contributed by atoms with E-state index < -0.39 is 0 Å². The summed E-state index contributed by atoms with van der Waals surface area (Å²) in [5.41, 5.74) is 3.24. The molecule has 1 aliphatic heterocycles. The van der Waals surface area contributed by atoms with Crippen molar-refractivity contribution in [3.8, 4) is 5.75 Å². The average Bonchev–Trinajstić information content (AvgIpc) is 2.73. The first-order valence-corrected chi connectivity index (χ1v) is 9.43. The minimum absolute atomic E-state index is 0.859. The fourth-order valence-electron chi connectivity index (χ4n) is 3.48. The summed E-state index contributed by atoms with van der Waals surface area (Å²) in [6, 6.07) is 21.0. The number of nitrogens with zero attached hydrogens (tertiary/aromatic N) is 2. The molecule has 1 heterocycles. The fourth-order valence-corrected chi connectivity index (χ4v) is 3.48. The Bertz CT molecular complexity index is 957. The van der Waals surface area contributed by atoms with Crippen molar-refractivity contribution in [1.29, 1.82) is 0 Å². The van der Waals surface area contributed by atoms with Gasteiger partial charge in [-0.1, -0.05) is 42.0 Å². The number of hydrogen-bond donors (Lipinski definition) is 1. The molecule has 27 heavy (non-hydrogen) atoms. The summed E-state index contributed by atoms with van der Waals surface area (Å²) in [4.78, 5) is 7.39. The van der Waals surface area contributed by atoms with E-state index in [-0.39, 0.29) is 0 Å². The van der Waals surface area contributed by atoms with Gasteiger partial charge in [-0.15, -0.1) is 0 Å². The summed E-state index contributed by atoms with van der Waals surface area (Å²) >= 11 is 0. The van der Waals surface area contributed by atoms with Crippen LogP contribution < -0.4 is 10.1 Å². The van der Waals surface area contributed by atoms with Gasteiger partial charge in [-0.2, -0.15) is 0 Å². The largest absolute Gasteiger partial charge is 0.496 e. The van der Waals surface area contributed by atoms with Crippen molar-refractivity contribution in [3.05, 3.63) is 71.8 Å². The topological polar surface area (TPSA) is 36.9 Å². The minimum Gasteiger partial charge on any atom is -0.496 e. The molecule has 0 radical (unpaired) electrons. The number of rotatable bonds is 3. The van der Waals surface area contributed by atoms with Crippen LogP contribution >= 0.6 is 0 Å². The van der Waals surface area contributed by atoms with Crippen molar-refractivity contribution in [2.45, 2.75) is 6.92 Å². The molecule has 0 spiro atoms.